The molecule has 0 radical (unpaired) electrons. The van der Waals surface area contributed by atoms with Gasteiger partial charge in [0, 0.05) is 44.4 Å². The average Bonchev–Trinajstić information content (AvgIpc) is 3.59. The fraction of sp³-hybridized carbons (Fsp3) is 0.587. The quantitative estimate of drug-likeness (QED) is 0.0533. The van der Waals surface area contributed by atoms with Crippen molar-refractivity contribution in [3.8, 4) is 34.4 Å². The van der Waals surface area contributed by atoms with Crippen molar-refractivity contribution in [2.45, 2.75) is 94.0 Å². The molecule has 0 amide bonds. The Labute approximate surface area is 339 Å². The molecule has 10 heteroatoms. The summed E-state index contributed by atoms with van der Waals surface area (Å²) < 4.78 is 39.4. The number of fused-ring (bicyclic) bond motifs is 1. The van der Waals surface area contributed by atoms with Crippen LogP contribution in [0.1, 0.15) is 87.5 Å². The number of likely N-dealkylation sites (N-methyl/N-ethyl adjacent to an activating group) is 1. The van der Waals surface area contributed by atoms with Gasteiger partial charge in [-0.1, -0.05) is 73.6 Å². The number of aryl methyl sites for hydroxylation is 1. The maximum atomic E-state index is 12.0. The van der Waals surface area contributed by atoms with Gasteiger partial charge in [0.05, 0.1) is 31.4 Å². The lowest BCUT2D eigenvalue weighted by molar-refractivity contribution is 0.216. The number of nitrogens with zero attached hydrogens (tertiary/aromatic N) is 5. The van der Waals surface area contributed by atoms with E-state index in [2.05, 4.69) is 86.4 Å². The second-order valence-corrected chi connectivity index (χ2v) is 13.6. The second kappa shape index (κ2) is 28.5. The first-order valence-electron chi connectivity index (χ1n) is 21.2. The minimum absolute atomic E-state index is 0.303. The van der Waals surface area contributed by atoms with Crippen LogP contribution in [0.25, 0.3) is 22.4 Å². The molecule has 0 saturated heterocycles. The number of benzene rings is 2. The van der Waals surface area contributed by atoms with Crippen molar-refractivity contribution in [1.82, 2.24) is 24.3 Å². The fourth-order valence-corrected chi connectivity index (χ4v) is 6.36. The first-order valence-corrected chi connectivity index (χ1v) is 21.2. The molecule has 0 aliphatic rings. The smallest absolute Gasteiger partial charge is 0.150 e. The summed E-state index contributed by atoms with van der Waals surface area (Å²) in [7, 11) is 1.70. The van der Waals surface area contributed by atoms with E-state index in [9.17, 15) is 4.39 Å². The van der Waals surface area contributed by atoms with Gasteiger partial charge in [0.1, 0.15) is 41.0 Å². The third kappa shape index (κ3) is 16.3. The van der Waals surface area contributed by atoms with E-state index in [4.69, 9.17) is 23.9 Å². The van der Waals surface area contributed by atoms with Gasteiger partial charge in [-0.15, -0.1) is 0 Å². The predicted octanol–water partition coefficient (Wildman–Crippen LogP) is 10.4. The highest BCUT2D eigenvalue weighted by molar-refractivity contribution is 5.88. The molecule has 3 aromatic rings. The van der Waals surface area contributed by atoms with Crippen molar-refractivity contribution in [2.24, 2.45) is 0 Å². The standard InChI is InChI=1S/C39H65N5O4.C7H9F/c1-9-16-24-44-35-29-33(46-26-17-22-41(11-3)12-4)31-37(47-27-18-23-42(13-5)14-6)38(35)40-39(44)34-20-19-32(45-8)30-36(34)48-28-25-43(15-7)21-10-2;1-3-5-6-7(8)4-2/h19-20,29-31H,9-18,21-28H2,1-8H3;3-6H,2H2,1H3/b;5-3-,7-6+. The molecular formula is C46H74FN5O4. The van der Waals surface area contributed by atoms with Gasteiger partial charge in [-0.25, -0.2) is 9.37 Å². The molecule has 2 aromatic carbocycles. The van der Waals surface area contributed by atoms with Gasteiger partial charge in [-0.05, 0) is 96.2 Å². The number of halogens is 1. The summed E-state index contributed by atoms with van der Waals surface area (Å²) >= 11 is 0. The van der Waals surface area contributed by atoms with Crippen LogP contribution in [0.2, 0.25) is 0 Å². The SMILES string of the molecule is C=C/C(F)=C\C=C/C.CCCCn1c(-c2ccc(OC)cc2OCCN(CC)CCC)nc2c(OCCCN(CC)CC)cc(OCCCN(CC)CC)cc21. The van der Waals surface area contributed by atoms with E-state index in [1.165, 1.54) is 12.2 Å². The van der Waals surface area contributed by atoms with Gasteiger partial charge in [-0.3, -0.25) is 0 Å². The molecule has 56 heavy (non-hydrogen) atoms. The van der Waals surface area contributed by atoms with E-state index >= 15 is 0 Å². The van der Waals surface area contributed by atoms with Gasteiger partial charge < -0.3 is 38.2 Å². The maximum Gasteiger partial charge on any atom is 0.150 e. The van der Waals surface area contributed by atoms with Crippen molar-refractivity contribution in [1.29, 1.82) is 0 Å². The number of hydrogen-bond donors (Lipinski definition) is 0. The van der Waals surface area contributed by atoms with Crippen LogP contribution in [-0.4, -0.2) is 110 Å². The van der Waals surface area contributed by atoms with Crippen LogP contribution < -0.4 is 18.9 Å². The first kappa shape index (κ1) is 48.3. The Balaban J connectivity index is 0.00000122. The van der Waals surface area contributed by atoms with Crippen LogP contribution in [0, 0.1) is 0 Å². The molecule has 1 heterocycles. The van der Waals surface area contributed by atoms with Crippen LogP contribution in [0.3, 0.4) is 0 Å². The lowest BCUT2D eigenvalue weighted by atomic mass is 10.1. The third-order valence-corrected chi connectivity index (χ3v) is 9.81. The van der Waals surface area contributed by atoms with Gasteiger partial charge in [0.15, 0.2) is 5.75 Å². The van der Waals surface area contributed by atoms with E-state index in [1.54, 1.807) is 19.3 Å². The number of allylic oxidation sites excluding steroid dienone is 5. The zero-order valence-corrected chi connectivity index (χ0v) is 36.4. The summed E-state index contributed by atoms with van der Waals surface area (Å²) in [5, 5.41) is 0. The third-order valence-electron chi connectivity index (χ3n) is 9.81. The van der Waals surface area contributed by atoms with Crippen LogP contribution in [0.15, 0.2) is 67.0 Å². The Bertz CT molecular complexity index is 1580. The Kier molecular flexibility index (Phi) is 24.6. The monoisotopic (exact) mass is 780 g/mol. The molecular weight excluding hydrogens is 706 g/mol. The molecule has 0 unspecified atom stereocenters. The summed E-state index contributed by atoms with van der Waals surface area (Å²) in [5.41, 5.74) is 2.84. The lowest BCUT2D eigenvalue weighted by Crippen LogP contribution is -2.29. The lowest BCUT2D eigenvalue weighted by Gasteiger charge is -2.20. The number of imidazole rings is 1. The predicted molar refractivity (Wildman–Crippen MR) is 235 cm³/mol. The van der Waals surface area contributed by atoms with Crippen molar-refractivity contribution < 1.29 is 23.3 Å². The molecule has 0 bridgehead atoms. The minimum atomic E-state index is -0.303. The molecule has 0 aliphatic carbocycles. The molecule has 314 valence electrons. The van der Waals surface area contributed by atoms with Crippen molar-refractivity contribution >= 4 is 11.0 Å². The Hall–Kier alpha value is -3.86. The highest BCUT2D eigenvalue weighted by Crippen LogP contribution is 2.39. The van der Waals surface area contributed by atoms with Crippen molar-refractivity contribution in [3.63, 3.8) is 0 Å². The number of rotatable bonds is 28. The highest BCUT2D eigenvalue weighted by atomic mass is 19.1. The topological polar surface area (TPSA) is 64.5 Å². The number of methoxy groups -OCH3 is 1. The summed E-state index contributed by atoms with van der Waals surface area (Å²) in [6.07, 6.45) is 11.0. The van der Waals surface area contributed by atoms with Gasteiger partial charge in [0.2, 0.25) is 0 Å². The van der Waals surface area contributed by atoms with Crippen molar-refractivity contribution in [2.75, 3.05) is 85.8 Å². The first-order chi connectivity index (χ1) is 27.3. The van der Waals surface area contributed by atoms with E-state index in [1.807, 2.05) is 25.1 Å². The summed E-state index contributed by atoms with van der Waals surface area (Å²) in [6, 6.07) is 10.3. The largest absolute Gasteiger partial charge is 0.497 e. The fourth-order valence-electron chi connectivity index (χ4n) is 6.36. The Morgan fingerprint density at radius 2 is 1.36 bits per heavy atom. The summed E-state index contributed by atoms with van der Waals surface area (Å²) in [5.74, 6) is 3.72. The normalized spacial score (nSPS) is 11.8. The molecule has 0 fully saturated rings. The maximum absolute atomic E-state index is 12.0. The minimum Gasteiger partial charge on any atom is -0.497 e. The van der Waals surface area contributed by atoms with Gasteiger partial charge in [-0.2, -0.15) is 0 Å². The Morgan fingerprint density at radius 3 is 1.93 bits per heavy atom. The van der Waals surface area contributed by atoms with Crippen LogP contribution in [0.5, 0.6) is 23.0 Å². The zero-order chi connectivity index (χ0) is 41.1. The van der Waals surface area contributed by atoms with Crippen LogP contribution in [-0.2, 0) is 6.54 Å². The molecule has 3 rings (SSSR count). The van der Waals surface area contributed by atoms with E-state index in [0.29, 0.717) is 19.8 Å². The molecule has 0 saturated carbocycles. The second-order valence-electron chi connectivity index (χ2n) is 13.6. The highest BCUT2D eigenvalue weighted by Gasteiger charge is 2.21. The average molecular weight is 780 g/mol. The molecule has 0 N–H and O–H groups in total. The molecule has 0 aliphatic heterocycles. The van der Waals surface area contributed by atoms with Gasteiger partial charge >= 0.3 is 0 Å². The Morgan fingerprint density at radius 1 is 0.732 bits per heavy atom. The zero-order valence-electron chi connectivity index (χ0n) is 36.4. The van der Waals surface area contributed by atoms with E-state index in [-0.39, 0.29) is 5.83 Å². The van der Waals surface area contributed by atoms with Gasteiger partial charge in [0.25, 0.3) is 0 Å². The number of hydrogen-bond acceptors (Lipinski definition) is 8. The van der Waals surface area contributed by atoms with Crippen LogP contribution >= 0.6 is 0 Å². The summed E-state index contributed by atoms with van der Waals surface area (Å²) in [4.78, 5) is 12.6. The van der Waals surface area contributed by atoms with E-state index in [0.717, 1.165) is 143 Å². The van der Waals surface area contributed by atoms with Crippen molar-refractivity contribution in [3.05, 3.63) is 67.0 Å². The number of unbranched alkanes of at least 4 members (excludes halogenated alkanes) is 1. The number of aromatic nitrogens is 2. The molecule has 0 spiro atoms. The number of ether oxygens (including phenoxy) is 4. The summed E-state index contributed by atoms with van der Waals surface area (Å²) in [6.45, 7) is 32.4. The van der Waals surface area contributed by atoms with E-state index < -0.39 is 0 Å². The molecule has 9 nitrogen and oxygen atoms in total. The molecule has 1 aromatic heterocycles. The van der Waals surface area contributed by atoms with Crippen LogP contribution in [0.4, 0.5) is 4.39 Å². The molecule has 0 atom stereocenters.